The van der Waals surface area contributed by atoms with Crippen molar-refractivity contribution in [1.82, 2.24) is 5.32 Å². The summed E-state index contributed by atoms with van der Waals surface area (Å²) in [6, 6.07) is 0.750. The molecule has 0 amide bonds. The Kier molecular flexibility index (Phi) is 14.7. The molecule has 0 aromatic rings. The van der Waals surface area contributed by atoms with Crippen LogP contribution >= 0.6 is 0 Å². The van der Waals surface area contributed by atoms with Gasteiger partial charge in [0.1, 0.15) is 0 Å². The molecule has 0 radical (unpaired) electrons. The topological polar surface area (TPSA) is 38.0 Å². The Hall–Kier alpha value is -0.0800. The maximum absolute atomic E-state index is 4.50. The van der Waals surface area contributed by atoms with Gasteiger partial charge in [-0.05, 0) is 26.9 Å². The molecule has 3 N–H and O–H groups in total. The van der Waals surface area contributed by atoms with Crippen molar-refractivity contribution in [2.75, 3.05) is 14.1 Å². The maximum atomic E-state index is 4.50. The first-order chi connectivity index (χ1) is 4.85. The summed E-state index contributed by atoms with van der Waals surface area (Å²) in [6.07, 6.45) is 3.86. The van der Waals surface area contributed by atoms with Gasteiger partial charge in [0.15, 0.2) is 0 Å². The first-order valence-corrected chi connectivity index (χ1v) is 4.10. The van der Waals surface area contributed by atoms with Crippen molar-refractivity contribution in [3.63, 3.8) is 0 Å². The molecular weight excluding hydrogens is 124 g/mol. The van der Waals surface area contributed by atoms with Gasteiger partial charge < -0.3 is 11.1 Å². The van der Waals surface area contributed by atoms with Gasteiger partial charge in [0.25, 0.3) is 0 Å². The zero-order chi connectivity index (χ0) is 8.41. The number of hydrogen-bond donors (Lipinski definition) is 2. The molecule has 2 nitrogen and oxygen atoms in total. The minimum Gasteiger partial charge on any atom is -0.333 e. The van der Waals surface area contributed by atoms with Crippen molar-refractivity contribution in [2.24, 2.45) is 5.73 Å². The number of nitrogens with two attached hydrogens (primary N) is 1. The molecule has 0 heterocycles. The van der Waals surface area contributed by atoms with E-state index >= 15 is 0 Å². The van der Waals surface area contributed by atoms with Crippen LogP contribution in [0.2, 0.25) is 0 Å². The highest BCUT2D eigenvalue weighted by Gasteiger charge is 1.97. The van der Waals surface area contributed by atoms with Gasteiger partial charge in [-0.1, -0.05) is 20.3 Å². The minimum atomic E-state index is 0.750. The van der Waals surface area contributed by atoms with Crippen molar-refractivity contribution in [3.05, 3.63) is 0 Å². The second-order valence-corrected chi connectivity index (χ2v) is 2.18. The summed E-state index contributed by atoms with van der Waals surface area (Å²) in [6.45, 7) is 4.44. The van der Waals surface area contributed by atoms with E-state index in [0.29, 0.717) is 0 Å². The number of hydrogen-bond acceptors (Lipinski definition) is 2. The minimum absolute atomic E-state index is 0.750. The molecule has 0 aliphatic rings. The van der Waals surface area contributed by atoms with E-state index < -0.39 is 0 Å². The Morgan fingerprint density at radius 2 is 1.80 bits per heavy atom. The average molecular weight is 146 g/mol. The van der Waals surface area contributed by atoms with Gasteiger partial charge >= 0.3 is 0 Å². The Bertz CT molecular complexity index is 42.5. The summed E-state index contributed by atoms with van der Waals surface area (Å²) in [5, 5.41) is 3.25. The van der Waals surface area contributed by atoms with Crippen LogP contribution in [0.15, 0.2) is 0 Å². The molecule has 0 spiro atoms. The quantitative estimate of drug-likeness (QED) is 0.628. The second-order valence-electron chi connectivity index (χ2n) is 2.18. The molecule has 0 aromatic heterocycles. The van der Waals surface area contributed by atoms with E-state index in [1.165, 1.54) is 26.3 Å². The number of nitrogens with one attached hydrogen (secondary N) is 1. The first kappa shape index (κ1) is 12.6. The first-order valence-electron chi connectivity index (χ1n) is 4.10. The summed E-state index contributed by atoms with van der Waals surface area (Å²) < 4.78 is 0. The van der Waals surface area contributed by atoms with Crippen LogP contribution in [0.25, 0.3) is 0 Å². The smallest absolute Gasteiger partial charge is 0.00613 e. The maximum Gasteiger partial charge on any atom is 0.00613 e. The molecule has 1 unspecified atom stereocenters. The van der Waals surface area contributed by atoms with Crippen LogP contribution in [0.4, 0.5) is 0 Å². The summed E-state index contributed by atoms with van der Waals surface area (Å²) in [4.78, 5) is 0. The monoisotopic (exact) mass is 146 g/mol. The van der Waals surface area contributed by atoms with Crippen molar-refractivity contribution in [3.8, 4) is 0 Å². The van der Waals surface area contributed by atoms with Gasteiger partial charge in [-0.25, -0.2) is 0 Å². The van der Waals surface area contributed by atoms with E-state index in [2.05, 4.69) is 24.9 Å². The second kappa shape index (κ2) is 11.7. The van der Waals surface area contributed by atoms with Crippen molar-refractivity contribution < 1.29 is 0 Å². The Morgan fingerprint density at radius 1 is 1.30 bits per heavy atom. The van der Waals surface area contributed by atoms with Crippen molar-refractivity contribution in [1.29, 1.82) is 0 Å². The Balaban J connectivity index is 0. The lowest BCUT2D eigenvalue weighted by Gasteiger charge is -2.10. The molecule has 0 aromatic carbocycles. The van der Waals surface area contributed by atoms with Gasteiger partial charge in [-0.15, -0.1) is 0 Å². The average Bonchev–Trinajstić information content (AvgIpc) is 2.04. The third kappa shape index (κ3) is 7.92. The van der Waals surface area contributed by atoms with Crippen LogP contribution in [0, 0.1) is 0 Å². The zero-order valence-electron chi connectivity index (χ0n) is 7.78. The normalized spacial score (nSPS) is 11.7. The highest BCUT2D eigenvalue weighted by molar-refractivity contribution is 4.59. The molecule has 0 saturated heterocycles. The van der Waals surface area contributed by atoms with Crippen LogP contribution < -0.4 is 11.1 Å². The van der Waals surface area contributed by atoms with Crippen molar-refractivity contribution in [2.45, 2.75) is 39.2 Å². The summed E-state index contributed by atoms with van der Waals surface area (Å²) in [5.74, 6) is 0. The summed E-state index contributed by atoms with van der Waals surface area (Å²) in [7, 11) is 3.53. The van der Waals surface area contributed by atoms with Gasteiger partial charge in [0.2, 0.25) is 0 Å². The van der Waals surface area contributed by atoms with E-state index in [4.69, 9.17) is 0 Å². The lowest BCUT2D eigenvalue weighted by atomic mass is 10.1. The highest BCUT2D eigenvalue weighted by Crippen LogP contribution is 1.98. The molecule has 10 heavy (non-hydrogen) atoms. The molecular formula is C8H22N2. The van der Waals surface area contributed by atoms with Gasteiger partial charge in [-0.2, -0.15) is 0 Å². The fraction of sp³-hybridized carbons (Fsp3) is 1.00. The molecule has 1 atom stereocenters. The third-order valence-electron chi connectivity index (χ3n) is 1.54. The SMILES string of the molecule is CCCC(CC)NC.CN. The zero-order valence-corrected chi connectivity index (χ0v) is 7.78. The van der Waals surface area contributed by atoms with E-state index in [0.717, 1.165) is 6.04 Å². The summed E-state index contributed by atoms with van der Waals surface area (Å²) >= 11 is 0. The van der Waals surface area contributed by atoms with Crippen LogP contribution in [0.1, 0.15) is 33.1 Å². The third-order valence-corrected chi connectivity index (χ3v) is 1.54. The van der Waals surface area contributed by atoms with E-state index in [-0.39, 0.29) is 0 Å². The van der Waals surface area contributed by atoms with Crippen LogP contribution in [-0.2, 0) is 0 Å². The van der Waals surface area contributed by atoms with E-state index in [1.54, 1.807) is 0 Å². The summed E-state index contributed by atoms with van der Waals surface area (Å²) in [5.41, 5.74) is 4.50. The van der Waals surface area contributed by atoms with Gasteiger partial charge in [0, 0.05) is 6.04 Å². The molecule has 0 fully saturated rings. The predicted octanol–water partition coefficient (Wildman–Crippen LogP) is 1.36. The molecule has 0 aliphatic carbocycles. The standard InChI is InChI=1S/C7H17N.CH5N/c1-4-6-7(5-2)8-3;1-2/h7-8H,4-6H2,1-3H3;2H2,1H3. The molecule has 0 bridgehead atoms. The molecule has 0 aliphatic heterocycles. The molecule has 2 heteroatoms. The van der Waals surface area contributed by atoms with Crippen molar-refractivity contribution >= 4 is 0 Å². The molecule has 64 valence electrons. The van der Waals surface area contributed by atoms with Crippen LogP contribution in [0.5, 0.6) is 0 Å². The fourth-order valence-corrected chi connectivity index (χ4v) is 0.901. The van der Waals surface area contributed by atoms with Gasteiger partial charge in [-0.3, -0.25) is 0 Å². The van der Waals surface area contributed by atoms with Crippen LogP contribution in [-0.4, -0.2) is 20.1 Å². The lowest BCUT2D eigenvalue weighted by Crippen LogP contribution is -2.23. The fourth-order valence-electron chi connectivity index (χ4n) is 0.901. The molecule has 0 rings (SSSR count). The highest BCUT2D eigenvalue weighted by atomic mass is 14.9. The molecule has 0 saturated carbocycles. The van der Waals surface area contributed by atoms with Gasteiger partial charge in [0.05, 0.1) is 0 Å². The van der Waals surface area contributed by atoms with E-state index in [9.17, 15) is 0 Å². The Morgan fingerprint density at radius 3 is 1.90 bits per heavy atom. The van der Waals surface area contributed by atoms with E-state index in [1.807, 2.05) is 7.05 Å². The predicted molar refractivity (Wildman–Crippen MR) is 48.2 cm³/mol. The Labute approximate surface area is 65.2 Å². The number of rotatable bonds is 4. The largest absolute Gasteiger partial charge is 0.333 e. The van der Waals surface area contributed by atoms with Crippen LogP contribution in [0.3, 0.4) is 0 Å². The lowest BCUT2D eigenvalue weighted by molar-refractivity contribution is 0.503.